The van der Waals surface area contributed by atoms with E-state index in [2.05, 4.69) is 5.32 Å². The lowest BCUT2D eigenvalue weighted by Crippen LogP contribution is -2.30. The number of esters is 1. The van der Waals surface area contributed by atoms with Crippen LogP contribution in [0.2, 0.25) is 0 Å². The van der Waals surface area contributed by atoms with Crippen LogP contribution in [0.4, 0.5) is 0 Å². The number of amidine groups is 1. The second kappa shape index (κ2) is 10.2. The third-order valence-electron chi connectivity index (χ3n) is 4.66. The van der Waals surface area contributed by atoms with E-state index in [9.17, 15) is 4.79 Å². The van der Waals surface area contributed by atoms with Gasteiger partial charge in [0, 0.05) is 11.4 Å². The molecule has 0 spiro atoms. The van der Waals surface area contributed by atoms with Crippen molar-refractivity contribution < 1.29 is 19.0 Å². The zero-order valence-corrected chi connectivity index (χ0v) is 18.4. The molecule has 6 nitrogen and oxygen atoms in total. The lowest BCUT2D eigenvalue weighted by molar-refractivity contribution is -0.138. The Labute approximate surface area is 181 Å². The molecule has 3 rings (SSSR count). The van der Waals surface area contributed by atoms with Gasteiger partial charge in [-0.25, -0.2) is 9.79 Å². The summed E-state index contributed by atoms with van der Waals surface area (Å²) < 4.78 is 15.9. The van der Waals surface area contributed by atoms with Gasteiger partial charge in [0.1, 0.15) is 17.5 Å². The molecule has 0 bridgehead atoms. The zero-order valence-electron chi connectivity index (χ0n) is 17.6. The van der Waals surface area contributed by atoms with Gasteiger partial charge in [-0.1, -0.05) is 36.0 Å². The second-order valence-electron chi connectivity index (χ2n) is 6.63. The Morgan fingerprint density at radius 1 is 1.10 bits per heavy atom. The van der Waals surface area contributed by atoms with Crippen LogP contribution in [0.25, 0.3) is 0 Å². The molecule has 2 aromatic carbocycles. The molecule has 1 aliphatic rings. The van der Waals surface area contributed by atoms with Crippen LogP contribution >= 0.6 is 11.8 Å². The van der Waals surface area contributed by atoms with Crippen LogP contribution in [0.1, 0.15) is 31.0 Å². The first-order valence-corrected chi connectivity index (χ1v) is 10.7. The Balaban J connectivity index is 1.86. The van der Waals surface area contributed by atoms with Gasteiger partial charge in [-0.3, -0.25) is 0 Å². The Morgan fingerprint density at radius 2 is 1.83 bits per heavy atom. The maximum absolute atomic E-state index is 12.7. The van der Waals surface area contributed by atoms with Crippen molar-refractivity contribution in [1.29, 1.82) is 0 Å². The van der Waals surface area contributed by atoms with E-state index in [4.69, 9.17) is 19.2 Å². The van der Waals surface area contributed by atoms with E-state index in [1.807, 2.05) is 55.5 Å². The topological polar surface area (TPSA) is 69.2 Å². The standard InChI is InChI=1S/C23H26N2O4S/c1-5-29-22(26)20-15(2)24-23(30-14-16-9-11-18(27-3)12-10-16)25-21(20)17-7-6-8-19(13-17)28-4/h6-13,21H,5,14H2,1-4H3,(H,24,25). The number of nitrogens with one attached hydrogen (secondary N) is 1. The maximum atomic E-state index is 12.7. The highest BCUT2D eigenvalue weighted by Crippen LogP contribution is 2.34. The maximum Gasteiger partial charge on any atom is 0.338 e. The molecule has 7 heteroatoms. The molecule has 158 valence electrons. The van der Waals surface area contributed by atoms with Crippen molar-refractivity contribution in [2.75, 3.05) is 20.8 Å². The number of aliphatic imine (C=N–C) groups is 1. The third-order valence-corrected chi connectivity index (χ3v) is 5.62. The summed E-state index contributed by atoms with van der Waals surface area (Å²) in [6.45, 7) is 3.98. The van der Waals surface area contributed by atoms with Gasteiger partial charge in [0.05, 0.1) is 26.4 Å². The van der Waals surface area contributed by atoms with Crippen LogP contribution < -0.4 is 14.8 Å². The fourth-order valence-electron chi connectivity index (χ4n) is 3.12. The predicted molar refractivity (Wildman–Crippen MR) is 120 cm³/mol. The number of nitrogens with zero attached hydrogens (tertiary/aromatic N) is 1. The van der Waals surface area contributed by atoms with Crippen LogP contribution in [0.5, 0.6) is 11.5 Å². The number of thioether (sulfide) groups is 1. The fourth-order valence-corrected chi connectivity index (χ4v) is 4.02. The van der Waals surface area contributed by atoms with Crippen molar-refractivity contribution in [2.24, 2.45) is 4.99 Å². The average Bonchev–Trinajstić information content (AvgIpc) is 2.77. The minimum atomic E-state index is -0.459. The van der Waals surface area contributed by atoms with Gasteiger partial charge in [-0.05, 0) is 49.2 Å². The van der Waals surface area contributed by atoms with Gasteiger partial charge < -0.3 is 19.5 Å². The molecule has 2 aromatic rings. The molecule has 0 aliphatic carbocycles. The molecule has 1 atom stereocenters. The smallest absolute Gasteiger partial charge is 0.338 e. The molecular weight excluding hydrogens is 400 g/mol. The van der Waals surface area contributed by atoms with Crippen molar-refractivity contribution in [3.05, 3.63) is 70.9 Å². The van der Waals surface area contributed by atoms with Crippen molar-refractivity contribution in [3.8, 4) is 11.5 Å². The number of carbonyl (C=O) groups excluding carboxylic acids is 1. The van der Waals surface area contributed by atoms with Crippen LogP contribution in [0, 0.1) is 0 Å². The number of rotatable bonds is 7. The Hall–Kier alpha value is -2.93. The molecule has 1 N–H and O–H groups in total. The monoisotopic (exact) mass is 426 g/mol. The van der Waals surface area contributed by atoms with Gasteiger partial charge in [-0.15, -0.1) is 0 Å². The van der Waals surface area contributed by atoms with Gasteiger partial charge in [0.2, 0.25) is 0 Å². The summed E-state index contributed by atoms with van der Waals surface area (Å²) in [5.74, 6) is 1.92. The molecule has 1 aliphatic heterocycles. The number of hydrogen-bond donors (Lipinski definition) is 1. The lowest BCUT2D eigenvalue weighted by Gasteiger charge is -2.26. The van der Waals surface area contributed by atoms with Crippen molar-refractivity contribution >= 4 is 22.9 Å². The zero-order chi connectivity index (χ0) is 21.5. The number of benzene rings is 2. The first-order valence-electron chi connectivity index (χ1n) is 9.68. The molecule has 0 radical (unpaired) electrons. The molecule has 0 saturated heterocycles. The number of allylic oxidation sites excluding steroid dienone is 1. The summed E-state index contributed by atoms with van der Waals surface area (Å²) in [6, 6.07) is 15.1. The molecule has 0 aromatic heterocycles. The Bertz CT molecular complexity index is 954. The van der Waals surface area contributed by atoms with Gasteiger partial charge in [0.15, 0.2) is 5.17 Å². The fraction of sp³-hybridized carbons (Fsp3) is 0.304. The highest BCUT2D eigenvalue weighted by molar-refractivity contribution is 8.13. The average molecular weight is 427 g/mol. The van der Waals surface area contributed by atoms with Gasteiger partial charge in [-0.2, -0.15) is 0 Å². The summed E-state index contributed by atoms with van der Waals surface area (Å²) in [5, 5.41) is 4.02. The minimum Gasteiger partial charge on any atom is -0.497 e. The van der Waals surface area contributed by atoms with Crippen LogP contribution in [-0.4, -0.2) is 32.0 Å². The van der Waals surface area contributed by atoms with E-state index < -0.39 is 6.04 Å². The molecular formula is C23H26N2O4S. The first kappa shape index (κ1) is 21.8. The van der Waals surface area contributed by atoms with E-state index in [1.165, 1.54) is 0 Å². The quantitative estimate of drug-likeness (QED) is 0.659. The second-order valence-corrected chi connectivity index (χ2v) is 7.60. The minimum absolute atomic E-state index is 0.309. The SMILES string of the molecule is CCOC(=O)C1=C(C)NC(SCc2ccc(OC)cc2)=NC1c1cccc(OC)c1. The Morgan fingerprint density at radius 3 is 2.50 bits per heavy atom. The summed E-state index contributed by atoms with van der Waals surface area (Å²) in [4.78, 5) is 17.5. The van der Waals surface area contributed by atoms with E-state index >= 15 is 0 Å². The first-order chi connectivity index (χ1) is 14.5. The molecule has 0 amide bonds. The number of hydrogen-bond acceptors (Lipinski definition) is 7. The highest BCUT2D eigenvalue weighted by Gasteiger charge is 2.30. The predicted octanol–water partition coefficient (Wildman–Crippen LogP) is 4.47. The normalized spacial score (nSPS) is 15.9. The summed E-state index contributed by atoms with van der Waals surface area (Å²) in [7, 11) is 3.27. The summed E-state index contributed by atoms with van der Waals surface area (Å²) in [5.41, 5.74) is 3.29. The summed E-state index contributed by atoms with van der Waals surface area (Å²) >= 11 is 1.58. The van der Waals surface area contributed by atoms with Crippen molar-refractivity contribution in [1.82, 2.24) is 5.32 Å². The van der Waals surface area contributed by atoms with E-state index in [0.29, 0.717) is 12.2 Å². The van der Waals surface area contributed by atoms with E-state index in [-0.39, 0.29) is 5.97 Å². The molecule has 0 fully saturated rings. The van der Waals surface area contributed by atoms with E-state index in [1.54, 1.807) is 32.9 Å². The Kier molecular flexibility index (Phi) is 7.41. The largest absolute Gasteiger partial charge is 0.497 e. The number of methoxy groups -OCH3 is 2. The lowest BCUT2D eigenvalue weighted by atomic mass is 9.96. The van der Waals surface area contributed by atoms with Gasteiger partial charge in [0.25, 0.3) is 0 Å². The van der Waals surface area contributed by atoms with Crippen LogP contribution in [0.3, 0.4) is 0 Å². The van der Waals surface area contributed by atoms with Gasteiger partial charge >= 0.3 is 5.97 Å². The number of carbonyl (C=O) groups is 1. The van der Waals surface area contributed by atoms with Crippen molar-refractivity contribution in [3.63, 3.8) is 0 Å². The molecule has 30 heavy (non-hydrogen) atoms. The molecule has 0 saturated carbocycles. The summed E-state index contributed by atoms with van der Waals surface area (Å²) in [6.07, 6.45) is 0. The van der Waals surface area contributed by atoms with Crippen LogP contribution in [0.15, 0.2) is 64.8 Å². The molecule has 1 unspecified atom stereocenters. The van der Waals surface area contributed by atoms with Crippen molar-refractivity contribution in [2.45, 2.75) is 25.6 Å². The number of ether oxygens (including phenoxy) is 3. The molecule has 1 heterocycles. The van der Waals surface area contributed by atoms with Crippen LogP contribution in [-0.2, 0) is 15.3 Å². The van der Waals surface area contributed by atoms with E-state index in [0.717, 1.165) is 39.2 Å². The third kappa shape index (κ3) is 5.16. The highest BCUT2D eigenvalue weighted by atomic mass is 32.2.